The Bertz CT molecular complexity index is 960. The van der Waals surface area contributed by atoms with Crippen LogP contribution in [0.4, 0.5) is 11.5 Å². The minimum atomic E-state index is -0.0153. The average molecular weight is 398 g/mol. The summed E-state index contributed by atoms with van der Waals surface area (Å²) in [5.41, 5.74) is 2.07. The standard InChI is InChI=1S/C20H16ClN3O2S/c1-13(25)14-4-8-17(9-5-14)23-19-10-11-22-20(24-19)27-12-18(26)15-2-6-16(21)7-3-15/h2-11H,12H2,1H3,(H,22,23,24). The quantitative estimate of drug-likeness (QED) is 0.341. The summed E-state index contributed by atoms with van der Waals surface area (Å²) in [6, 6.07) is 15.7. The molecule has 0 amide bonds. The number of nitrogens with zero attached hydrogens (tertiary/aromatic N) is 2. The van der Waals surface area contributed by atoms with Gasteiger partial charge in [-0.05, 0) is 61.5 Å². The third kappa shape index (κ3) is 5.39. The monoisotopic (exact) mass is 397 g/mol. The van der Waals surface area contributed by atoms with E-state index in [1.165, 1.54) is 18.7 Å². The molecular weight excluding hydrogens is 382 g/mol. The van der Waals surface area contributed by atoms with Crippen molar-refractivity contribution in [3.05, 3.63) is 76.9 Å². The zero-order chi connectivity index (χ0) is 19.2. The zero-order valence-corrected chi connectivity index (χ0v) is 16.1. The maximum absolute atomic E-state index is 12.2. The van der Waals surface area contributed by atoms with Gasteiger partial charge in [-0.15, -0.1) is 0 Å². The van der Waals surface area contributed by atoms with Crippen molar-refractivity contribution in [2.24, 2.45) is 0 Å². The number of rotatable bonds is 7. The van der Waals surface area contributed by atoms with Crippen molar-refractivity contribution >= 4 is 46.4 Å². The molecule has 0 saturated carbocycles. The SMILES string of the molecule is CC(=O)c1ccc(Nc2ccnc(SCC(=O)c3ccc(Cl)cc3)n2)cc1. The molecule has 0 spiro atoms. The highest BCUT2D eigenvalue weighted by Gasteiger charge is 2.09. The van der Waals surface area contributed by atoms with Crippen molar-refractivity contribution in [1.29, 1.82) is 0 Å². The fourth-order valence-corrected chi connectivity index (χ4v) is 3.12. The summed E-state index contributed by atoms with van der Waals surface area (Å²) in [4.78, 5) is 32.2. The first-order valence-corrected chi connectivity index (χ1v) is 9.50. The van der Waals surface area contributed by atoms with Crippen LogP contribution >= 0.6 is 23.4 Å². The van der Waals surface area contributed by atoms with Crippen LogP contribution in [0.25, 0.3) is 0 Å². The average Bonchev–Trinajstić information content (AvgIpc) is 2.67. The molecule has 27 heavy (non-hydrogen) atoms. The predicted octanol–water partition coefficient (Wildman–Crippen LogP) is 5.05. The first kappa shape index (κ1) is 19.1. The van der Waals surface area contributed by atoms with Gasteiger partial charge in [-0.3, -0.25) is 9.59 Å². The molecule has 2 aromatic carbocycles. The number of thioether (sulfide) groups is 1. The molecule has 7 heteroatoms. The van der Waals surface area contributed by atoms with Crippen LogP contribution in [0, 0.1) is 0 Å². The molecule has 5 nitrogen and oxygen atoms in total. The van der Waals surface area contributed by atoms with E-state index in [0.717, 1.165) is 5.69 Å². The Balaban J connectivity index is 1.62. The van der Waals surface area contributed by atoms with E-state index < -0.39 is 0 Å². The van der Waals surface area contributed by atoms with Gasteiger partial charge in [0.2, 0.25) is 0 Å². The first-order valence-electron chi connectivity index (χ1n) is 8.14. The van der Waals surface area contributed by atoms with E-state index in [9.17, 15) is 9.59 Å². The molecule has 0 bridgehead atoms. The maximum Gasteiger partial charge on any atom is 0.189 e. The minimum Gasteiger partial charge on any atom is -0.340 e. The number of halogens is 1. The molecule has 3 rings (SSSR count). The molecule has 0 fully saturated rings. The van der Waals surface area contributed by atoms with Gasteiger partial charge >= 0.3 is 0 Å². The van der Waals surface area contributed by atoms with E-state index in [1.54, 1.807) is 48.7 Å². The lowest BCUT2D eigenvalue weighted by Crippen LogP contribution is -2.03. The highest BCUT2D eigenvalue weighted by atomic mass is 35.5. The molecule has 0 unspecified atom stereocenters. The van der Waals surface area contributed by atoms with E-state index in [-0.39, 0.29) is 17.3 Å². The van der Waals surface area contributed by atoms with Gasteiger partial charge in [0.25, 0.3) is 0 Å². The smallest absolute Gasteiger partial charge is 0.189 e. The van der Waals surface area contributed by atoms with Crippen molar-refractivity contribution < 1.29 is 9.59 Å². The van der Waals surface area contributed by atoms with Crippen molar-refractivity contribution in [2.75, 3.05) is 11.1 Å². The van der Waals surface area contributed by atoms with E-state index in [0.29, 0.717) is 27.1 Å². The summed E-state index contributed by atoms with van der Waals surface area (Å²) in [7, 11) is 0. The maximum atomic E-state index is 12.2. The van der Waals surface area contributed by atoms with Crippen LogP contribution in [0.2, 0.25) is 5.02 Å². The van der Waals surface area contributed by atoms with Crippen molar-refractivity contribution in [2.45, 2.75) is 12.1 Å². The second-order valence-corrected chi connectivity index (χ2v) is 7.08. The molecule has 136 valence electrons. The molecule has 0 aliphatic heterocycles. The van der Waals surface area contributed by atoms with Crippen LogP contribution in [0.1, 0.15) is 27.6 Å². The Morgan fingerprint density at radius 1 is 1.00 bits per heavy atom. The number of carbonyl (C=O) groups excluding carboxylic acids is 2. The molecule has 0 saturated heterocycles. The Labute approximate surface area is 166 Å². The topological polar surface area (TPSA) is 72.0 Å². The largest absolute Gasteiger partial charge is 0.340 e. The highest BCUT2D eigenvalue weighted by molar-refractivity contribution is 7.99. The molecule has 0 aliphatic rings. The molecule has 0 aliphatic carbocycles. The summed E-state index contributed by atoms with van der Waals surface area (Å²) in [6.45, 7) is 1.53. The van der Waals surface area contributed by atoms with Crippen LogP contribution in [0.5, 0.6) is 0 Å². The Kier molecular flexibility index (Phi) is 6.21. The highest BCUT2D eigenvalue weighted by Crippen LogP contribution is 2.20. The fourth-order valence-electron chi connectivity index (χ4n) is 2.27. The fraction of sp³-hybridized carbons (Fsp3) is 0.100. The lowest BCUT2D eigenvalue weighted by Gasteiger charge is -2.07. The summed E-state index contributed by atoms with van der Waals surface area (Å²) in [6.07, 6.45) is 1.63. The van der Waals surface area contributed by atoms with Crippen LogP contribution < -0.4 is 5.32 Å². The van der Waals surface area contributed by atoms with E-state index >= 15 is 0 Å². The number of nitrogens with one attached hydrogen (secondary N) is 1. The predicted molar refractivity (Wildman–Crippen MR) is 108 cm³/mol. The molecule has 0 radical (unpaired) electrons. The first-order chi connectivity index (χ1) is 13.0. The summed E-state index contributed by atoms with van der Waals surface area (Å²) in [5.74, 6) is 0.853. The van der Waals surface area contributed by atoms with Crippen LogP contribution in [0.3, 0.4) is 0 Å². The van der Waals surface area contributed by atoms with Gasteiger partial charge in [-0.2, -0.15) is 0 Å². The molecular formula is C20H16ClN3O2S. The molecule has 0 atom stereocenters. The van der Waals surface area contributed by atoms with Gasteiger partial charge in [0.05, 0.1) is 5.75 Å². The summed E-state index contributed by atoms with van der Waals surface area (Å²) >= 11 is 7.11. The molecule has 3 aromatic rings. The van der Waals surface area contributed by atoms with Crippen molar-refractivity contribution in [1.82, 2.24) is 9.97 Å². The molecule has 1 N–H and O–H groups in total. The third-order valence-electron chi connectivity index (χ3n) is 3.70. The number of anilines is 2. The van der Waals surface area contributed by atoms with Crippen molar-refractivity contribution in [3.8, 4) is 0 Å². The zero-order valence-electron chi connectivity index (χ0n) is 14.5. The number of ketones is 2. The van der Waals surface area contributed by atoms with Crippen molar-refractivity contribution in [3.63, 3.8) is 0 Å². The summed E-state index contributed by atoms with van der Waals surface area (Å²) in [5, 5.41) is 4.26. The van der Waals surface area contributed by atoms with Crippen LogP contribution in [-0.4, -0.2) is 27.3 Å². The number of benzene rings is 2. The minimum absolute atomic E-state index is 0.0153. The van der Waals surface area contributed by atoms with Gasteiger partial charge < -0.3 is 5.32 Å². The number of hydrogen-bond donors (Lipinski definition) is 1. The normalized spacial score (nSPS) is 10.4. The second-order valence-electron chi connectivity index (χ2n) is 5.70. The van der Waals surface area contributed by atoms with Gasteiger partial charge in [0.15, 0.2) is 16.7 Å². The number of carbonyl (C=O) groups is 2. The number of hydrogen-bond acceptors (Lipinski definition) is 6. The molecule has 1 heterocycles. The Morgan fingerprint density at radius 3 is 2.33 bits per heavy atom. The van der Waals surface area contributed by atoms with E-state index in [4.69, 9.17) is 11.6 Å². The van der Waals surface area contributed by atoms with Crippen LogP contribution in [0.15, 0.2) is 66.0 Å². The number of aromatic nitrogens is 2. The van der Waals surface area contributed by atoms with Gasteiger partial charge in [0.1, 0.15) is 5.82 Å². The lowest BCUT2D eigenvalue weighted by atomic mass is 10.1. The lowest BCUT2D eigenvalue weighted by molar-refractivity contribution is 0.101. The van der Waals surface area contributed by atoms with Gasteiger partial charge in [0, 0.05) is 28.0 Å². The summed E-state index contributed by atoms with van der Waals surface area (Å²) < 4.78 is 0. The molecule has 1 aromatic heterocycles. The third-order valence-corrected chi connectivity index (χ3v) is 4.81. The number of Topliss-reactive ketones (excluding diaryl/α,β-unsaturated/α-hetero) is 2. The Hall–Kier alpha value is -2.70. The second kappa shape index (κ2) is 8.79. The Morgan fingerprint density at radius 2 is 1.67 bits per heavy atom. The van der Waals surface area contributed by atoms with E-state index in [2.05, 4.69) is 15.3 Å². The van der Waals surface area contributed by atoms with Gasteiger partial charge in [-0.1, -0.05) is 23.4 Å². The van der Waals surface area contributed by atoms with Gasteiger partial charge in [-0.25, -0.2) is 9.97 Å². The van der Waals surface area contributed by atoms with Crippen LogP contribution in [-0.2, 0) is 0 Å². The van der Waals surface area contributed by atoms with E-state index in [1.807, 2.05) is 12.1 Å².